The molecule has 0 amide bonds. The summed E-state index contributed by atoms with van der Waals surface area (Å²) in [6.45, 7) is 1.77. The molecule has 2 heterocycles. The second-order valence-corrected chi connectivity index (χ2v) is 8.13. The van der Waals surface area contributed by atoms with Crippen molar-refractivity contribution in [3.63, 3.8) is 0 Å². The van der Waals surface area contributed by atoms with Crippen molar-refractivity contribution in [2.24, 2.45) is 5.92 Å². The van der Waals surface area contributed by atoms with Gasteiger partial charge in [-0.3, -0.25) is 0 Å². The zero-order chi connectivity index (χ0) is 15.2. The molecule has 2 saturated heterocycles. The Morgan fingerprint density at radius 3 is 2.73 bits per heavy atom. The van der Waals surface area contributed by atoms with Gasteiger partial charge >= 0.3 is 0 Å². The van der Waals surface area contributed by atoms with Crippen molar-refractivity contribution in [1.29, 1.82) is 0 Å². The Kier molecular flexibility index (Phi) is 5.63. The van der Waals surface area contributed by atoms with E-state index in [0.717, 1.165) is 19.4 Å². The molecule has 2 aliphatic rings. The van der Waals surface area contributed by atoms with Crippen LogP contribution in [0.2, 0.25) is 10.0 Å². The van der Waals surface area contributed by atoms with E-state index in [0.29, 0.717) is 25.0 Å². The molecule has 2 atom stereocenters. The first-order valence-corrected chi connectivity index (χ1v) is 8.98. The predicted molar refractivity (Wildman–Crippen MR) is 86.9 cm³/mol. The maximum absolute atomic E-state index is 13.7. The third-order valence-electron chi connectivity index (χ3n) is 4.24. The highest BCUT2D eigenvalue weighted by Gasteiger charge is 2.38. The lowest BCUT2D eigenvalue weighted by Gasteiger charge is -2.34. The van der Waals surface area contributed by atoms with Crippen molar-refractivity contribution in [3.05, 3.63) is 28.0 Å². The minimum Gasteiger partial charge on any atom is -0.314 e. The smallest absolute Gasteiger partial charge is 0.244 e. The zero-order valence-electron chi connectivity index (χ0n) is 11.6. The number of sulfonamides is 1. The third-order valence-corrected chi connectivity index (χ3v) is 6.92. The van der Waals surface area contributed by atoms with Crippen molar-refractivity contribution >= 4 is 45.6 Å². The van der Waals surface area contributed by atoms with Crippen LogP contribution in [0.4, 0.5) is 4.39 Å². The summed E-state index contributed by atoms with van der Waals surface area (Å²) in [4.78, 5) is -0.213. The van der Waals surface area contributed by atoms with Crippen LogP contribution in [0.5, 0.6) is 0 Å². The number of benzene rings is 1. The summed E-state index contributed by atoms with van der Waals surface area (Å²) in [6.07, 6.45) is 1.72. The quantitative estimate of drug-likeness (QED) is 0.791. The Hall–Kier alpha value is -0.110. The second kappa shape index (κ2) is 6.79. The van der Waals surface area contributed by atoms with Gasteiger partial charge in [-0.25, -0.2) is 12.8 Å². The average Bonchev–Trinajstić information content (AvgIpc) is 2.92. The molecule has 0 radical (unpaired) electrons. The van der Waals surface area contributed by atoms with E-state index in [1.54, 1.807) is 0 Å². The molecule has 22 heavy (non-hydrogen) atoms. The predicted octanol–water partition coefficient (Wildman–Crippen LogP) is 2.93. The second-order valence-electron chi connectivity index (χ2n) is 5.43. The molecule has 0 aliphatic carbocycles. The fourth-order valence-electron chi connectivity index (χ4n) is 3.08. The minimum atomic E-state index is -3.80. The first kappa shape index (κ1) is 18.2. The largest absolute Gasteiger partial charge is 0.314 e. The van der Waals surface area contributed by atoms with E-state index >= 15 is 0 Å². The summed E-state index contributed by atoms with van der Waals surface area (Å²) in [7, 11) is -3.80. The Labute approximate surface area is 145 Å². The molecular formula is C13H16Cl3FN2O2S. The van der Waals surface area contributed by atoms with Crippen molar-refractivity contribution in [2.45, 2.75) is 23.8 Å². The zero-order valence-corrected chi connectivity index (χ0v) is 14.7. The van der Waals surface area contributed by atoms with Crippen LogP contribution in [-0.4, -0.2) is 38.4 Å². The van der Waals surface area contributed by atoms with Crippen molar-refractivity contribution in [3.8, 4) is 0 Å². The minimum absolute atomic E-state index is 0. The maximum Gasteiger partial charge on any atom is 0.244 e. The summed E-state index contributed by atoms with van der Waals surface area (Å²) in [5.41, 5.74) is 0. The molecule has 3 rings (SSSR count). The van der Waals surface area contributed by atoms with Crippen LogP contribution in [-0.2, 0) is 10.0 Å². The van der Waals surface area contributed by atoms with Gasteiger partial charge in [-0.1, -0.05) is 23.2 Å². The van der Waals surface area contributed by atoms with Gasteiger partial charge in [-0.2, -0.15) is 4.31 Å². The normalized spacial score (nSPS) is 25.6. The van der Waals surface area contributed by atoms with Gasteiger partial charge in [0.25, 0.3) is 0 Å². The fourth-order valence-corrected chi connectivity index (χ4v) is 5.31. The SMILES string of the molecule is Cl.O=S(=O)(c1ccc(Cl)c(F)c1Cl)N1CCC2NCCC2C1. The van der Waals surface area contributed by atoms with E-state index in [-0.39, 0.29) is 22.3 Å². The molecule has 124 valence electrons. The first-order valence-electron chi connectivity index (χ1n) is 6.78. The molecule has 0 spiro atoms. The summed E-state index contributed by atoms with van der Waals surface area (Å²) >= 11 is 11.5. The lowest BCUT2D eigenvalue weighted by Crippen LogP contribution is -2.46. The van der Waals surface area contributed by atoms with Crippen LogP contribution >= 0.6 is 35.6 Å². The Morgan fingerprint density at radius 1 is 1.27 bits per heavy atom. The molecule has 2 fully saturated rings. The van der Waals surface area contributed by atoms with Gasteiger partial charge in [0.15, 0.2) is 5.82 Å². The number of rotatable bonds is 2. The van der Waals surface area contributed by atoms with Gasteiger partial charge in [0.05, 0.1) is 10.0 Å². The van der Waals surface area contributed by atoms with Gasteiger partial charge in [-0.15, -0.1) is 12.4 Å². The van der Waals surface area contributed by atoms with E-state index in [9.17, 15) is 12.8 Å². The van der Waals surface area contributed by atoms with E-state index in [1.165, 1.54) is 16.4 Å². The maximum atomic E-state index is 13.7. The van der Waals surface area contributed by atoms with Crippen molar-refractivity contribution in [1.82, 2.24) is 9.62 Å². The number of piperidine rings is 1. The Bertz CT molecular complexity index is 671. The van der Waals surface area contributed by atoms with Crippen LogP contribution in [0.15, 0.2) is 17.0 Å². The number of fused-ring (bicyclic) bond motifs is 1. The molecular weight excluding hydrogens is 374 g/mol. The number of halogens is 4. The number of hydrogen-bond donors (Lipinski definition) is 1. The number of nitrogens with zero attached hydrogens (tertiary/aromatic N) is 1. The van der Waals surface area contributed by atoms with Crippen LogP contribution in [0, 0.1) is 11.7 Å². The molecule has 1 aromatic rings. The third kappa shape index (κ3) is 3.09. The molecule has 2 unspecified atom stereocenters. The summed E-state index contributed by atoms with van der Waals surface area (Å²) in [5, 5.41) is 2.75. The lowest BCUT2D eigenvalue weighted by molar-refractivity contribution is 0.247. The monoisotopic (exact) mass is 388 g/mol. The van der Waals surface area contributed by atoms with E-state index in [2.05, 4.69) is 5.32 Å². The Morgan fingerprint density at radius 2 is 2.00 bits per heavy atom. The molecule has 0 saturated carbocycles. The van der Waals surface area contributed by atoms with E-state index in [1.807, 2.05) is 0 Å². The molecule has 1 aromatic carbocycles. The van der Waals surface area contributed by atoms with Gasteiger partial charge in [0.2, 0.25) is 10.0 Å². The standard InChI is InChI=1S/C13H15Cl2FN2O2S.ClH/c14-9-1-2-11(12(15)13(9)16)21(19,20)18-6-4-10-8(7-18)3-5-17-10;/h1-2,8,10,17H,3-7H2;1H. The molecule has 1 N–H and O–H groups in total. The highest BCUT2D eigenvalue weighted by Crippen LogP contribution is 2.34. The first-order chi connectivity index (χ1) is 9.91. The summed E-state index contributed by atoms with van der Waals surface area (Å²) in [6, 6.07) is 2.87. The fraction of sp³-hybridized carbons (Fsp3) is 0.538. The summed E-state index contributed by atoms with van der Waals surface area (Å²) < 4.78 is 40.5. The van der Waals surface area contributed by atoms with Crippen molar-refractivity contribution < 1.29 is 12.8 Å². The highest BCUT2D eigenvalue weighted by molar-refractivity contribution is 7.89. The lowest BCUT2D eigenvalue weighted by atomic mass is 9.95. The van der Waals surface area contributed by atoms with Crippen LogP contribution in [0.1, 0.15) is 12.8 Å². The van der Waals surface area contributed by atoms with Gasteiger partial charge < -0.3 is 5.32 Å². The topological polar surface area (TPSA) is 49.4 Å². The van der Waals surface area contributed by atoms with Crippen LogP contribution < -0.4 is 5.32 Å². The number of hydrogen-bond acceptors (Lipinski definition) is 3. The molecule has 9 heteroatoms. The highest BCUT2D eigenvalue weighted by atomic mass is 35.5. The molecule has 0 aromatic heterocycles. The molecule has 0 bridgehead atoms. The van der Waals surface area contributed by atoms with Crippen LogP contribution in [0.25, 0.3) is 0 Å². The van der Waals surface area contributed by atoms with Crippen molar-refractivity contribution in [2.75, 3.05) is 19.6 Å². The number of nitrogens with one attached hydrogen (secondary N) is 1. The molecule has 2 aliphatic heterocycles. The van der Waals surface area contributed by atoms with Gasteiger partial charge in [-0.05, 0) is 37.4 Å². The van der Waals surface area contributed by atoms with E-state index < -0.39 is 20.9 Å². The Balaban J connectivity index is 0.00000176. The van der Waals surface area contributed by atoms with Crippen LogP contribution in [0.3, 0.4) is 0 Å². The van der Waals surface area contributed by atoms with Gasteiger partial charge in [0, 0.05) is 19.1 Å². The molecule has 4 nitrogen and oxygen atoms in total. The summed E-state index contributed by atoms with van der Waals surface area (Å²) in [5.74, 6) is -0.582. The van der Waals surface area contributed by atoms with Gasteiger partial charge in [0.1, 0.15) is 4.90 Å². The van der Waals surface area contributed by atoms with E-state index in [4.69, 9.17) is 23.2 Å². The average molecular weight is 390 g/mol.